The second-order valence-electron chi connectivity index (χ2n) is 5.52. The van der Waals surface area contributed by atoms with Crippen molar-refractivity contribution in [2.24, 2.45) is 5.41 Å². The molecule has 0 amide bonds. The second-order valence-corrected chi connectivity index (χ2v) is 6.93. The van der Waals surface area contributed by atoms with Crippen LogP contribution in [-0.4, -0.2) is 25.2 Å². The van der Waals surface area contributed by atoms with Crippen LogP contribution in [0.1, 0.15) is 47.8 Å². The van der Waals surface area contributed by atoms with E-state index in [0.29, 0.717) is 11.5 Å². The summed E-state index contributed by atoms with van der Waals surface area (Å²) >= 11 is 1.79. The highest BCUT2D eigenvalue weighted by Crippen LogP contribution is 2.48. The lowest BCUT2D eigenvalue weighted by atomic mass is 10.0. The van der Waals surface area contributed by atoms with Crippen molar-refractivity contribution in [1.82, 2.24) is 10.3 Å². The van der Waals surface area contributed by atoms with Crippen LogP contribution in [0.2, 0.25) is 0 Å². The molecule has 0 saturated heterocycles. The number of methoxy groups -OCH3 is 1. The van der Waals surface area contributed by atoms with E-state index >= 15 is 0 Å². The lowest BCUT2D eigenvalue weighted by Gasteiger charge is -2.19. The van der Waals surface area contributed by atoms with Crippen molar-refractivity contribution < 1.29 is 4.74 Å². The summed E-state index contributed by atoms with van der Waals surface area (Å²) in [7, 11) is 1.79. The number of aromatic nitrogens is 1. The molecule has 0 spiro atoms. The average Bonchev–Trinajstić information content (AvgIpc) is 3.03. The van der Waals surface area contributed by atoms with Gasteiger partial charge in [-0.3, -0.25) is 0 Å². The standard InChI is InChI=1S/C14H24N2OS/c1-10(13-11(2)18-12(3)16-13)15-9-14(5-6-14)7-8-17-4/h10,15H,5-9H2,1-4H3. The van der Waals surface area contributed by atoms with Gasteiger partial charge in [0, 0.05) is 31.2 Å². The Bertz CT molecular complexity index is 398. The molecule has 4 heteroatoms. The van der Waals surface area contributed by atoms with Gasteiger partial charge in [0.2, 0.25) is 0 Å². The molecule has 1 aromatic rings. The van der Waals surface area contributed by atoms with Crippen molar-refractivity contribution in [3.8, 4) is 0 Å². The SMILES string of the molecule is COCCC1(CNC(C)c2nc(C)sc2C)CC1. The maximum absolute atomic E-state index is 5.19. The minimum atomic E-state index is 0.356. The van der Waals surface area contributed by atoms with Crippen molar-refractivity contribution >= 4 is 11.3 Å². The van der Waals surface area contributed by atoms with E-state index in [-0.39, 0.29) is 0 Å². The highest BCUT2D eigenvalue weighted by Gasteiger charge is 2.41. The van der Waals surface area contributed by atoms with E-state index in [2.05, 4.69) is 31.1 Å². The molecule has 2 rings (SSSR count). The molecule has 1 aliphatic rings. The van der Waals surface area contributed by atoms with Crippen molar-refractivity contribution in [3.63, 3.8) is 0 Å². The van der Waals surface area contributed by atoms with Gasteiger partial charge in [-0.15, -0.1) is 11.3 Å². The minimum absolute atomic E-state index is 0.356. The number of hydrogen-bond donors (Lipinski definition) is 1. The van der Waals surface area contributed by atoms with Crippen LogP contribution in [0.15, 0.2) is 0 Å². The molecule has 102 valence electrons. The summed E-state index contributed by atoms with van der Waals surface area (Å²) in [6.45, 7) is 8.43. The van der Waals surface area contributed by atoms with Crippen LogP contribution in [0, 0.1) is 19.3 Å². The molecule has 0 radical (unpaired) electrons. The Hall–Kier alpha value is -0.450. The van der Waals surface area contributed by atoms with Crippen molar-refractivity contribution in [2.45, 2.75) is 46.1 Å². The van der Waals surface area contributed by atoms with E-state index in [9.17, 15) is 0 Å². The van der Waals surface area contributed by atoms with E-state index in [1.165, 1.54) is 29.8 Å². The Labute approximate surface area is 114 Å². The van der Waals surface area contributed by atoms with Crippen molar-refractivity contribution in [3.05, 3.63) is 15.6 Å². The number of hydrogen-bond acceptors (Lipinski definition) is 4. The van der Waals surface area contributed by atoms with Crippen LogP contribution in [0.3, 0.4) is 0 Å². The highest BCUT2D eigenvalue weighted by atomic mass is 32.1. The summed E-state index contributed by atoms with van der Waals surface area (Å²) in [5, 5.41) is 4.82. The molecule has 1 fully saturated rings. The molecule has 18 heavy (non-hydrogen) atoms. The average molecular weight is 268 g/mol. The Kier molecular flexibility index (Phi) is 4.41. The molecule has 1 heterocycles. The fourth-order valence-corrected chi connectivity index (χ4v) is 3.34. The number of thiazole rings is 1. The third-order valence-corrected chi connectivity index (χ3v) is 4.83. The summed E-state index contributed by atoms with van der Waals surface area (Å²) < 4.78 is 5.19. The van der Waals surface area contributed by atoms with E-state index < -0.39 is 0 Å². The second kappa shape index (κ2) is 5.68. The Balaban J connectivity index is 1.85. The molecular weight excluding hydrogens is 244 g/mol. The maximum Gasteiger partial charge on any atom is 0.0900 e. The quantitative estimate of drug-likeness (QED) is 0.824. The molecule has 3 nitrogen and oxygen atoms in total. The third kappa shape index (κ3) is 3.31. The third-order valence-electron chi connectivity index (χ3n) is 3.93. The van der Waals surface area contributed by atoms with Gasteiger partial charge in [-0.2, -0.15) is 0 Å². The normalized spacial score (nSPS) is 18.9. The zero-order valence-corrected chi connectivity index (χ0v) is 12.7. The van der Waals surface area contributed by atoms with Crippen LogP contribution >= 0.6 is 11.3 Å². The van der Waals surface area contributed by atoms with Gasteiger partial charge < -0.3 is 10.1 Å². The van der Waals surface area contributed by atoms with Crippen LogP contribution in [-0.2, 0) is 4.74 Å². The molecule has 0 aliphatic heterocycles. The fourth-order valence-electron chi connectivity index (χ4n) is 2.42. The van der Waals surface area contributed by atoms with E-state index in [1.807, 2.05) is 0 Å². The summed E-state index contributed by atoms with van der Waals surface area (Å²) in [5.74, 6) is 0. The van der Waals surface area contributed by atoms with Crippen molar-refractivity contribution in [1.29, 1.82) is 0 Å². The fraction of sp³-hybridized carbons (Fsp3) is 0.786. The van der Waals surface area contributed by atoms with Gasteiger partial charge in [-0.1, -0.05) is 0 Å². The van der Waals surface area contributed by atoms with Gasteiger partial charge in [-0.25, -0.2) is 4.98 Å². The topological polar surface area (TPSA) is 34.1 Å². The van der Waals surface area contributed by atoms with Gasteiger partial charge in [-0.05, 0) is 45.4 Å². The van der Waals surface area contributed by atoms with Gasteiger partial charge in [0.25, 0.3) is 0 Å². The first-order valence-corrected chi connectivity index (χ1v) is 7.54. The molecule has 1 unspecified atom stereocenters. The van der Waals surface area contributed by atoms with Crippen LogP contribution in [0.5, 0.6) is 0 Å². The zero-order valence-electron chi connectivity index (χ0n) is 11.9. The maximum atomic E-state index is 5.19. The van der Waals surface area contributed by atoms with Crippen LogP contribution < -0.4 is 5.32 Å². The molecular formula is C14H24N2OS. The summed E-state index contributed by atoms with van der Waals surface area (Å²) in [5.41, 5.74) is 1.73. The van der Waals surface area contributed by atoms with Crippen molar-refractivity contribution in [2.75, 3.05) is 20.3 Å². The lowest BCUT2D eigenvalue weighted by Crippen LogP contribution is -2.28. The summed E-state index contributed by atoms with van der Waals surface area (Å²) in [6.07, 6.45) is 3.86. The number of rotatable bonds is 7. The van der Waals surface area contributed by atoms with E-state index in [0.717, 1.165) is 18.2 Å². The summed E-state index contributed by atoms with van der Waals surface area (Å²) in [6, 6.07) is 0.356. The first-order chi connectivity index (χ1) is 8.56. The number of aryl methyl sites for hydroxylation is 2. The van der Waals surface area contributed by atoms with E-state index in [4.69, 9.17) is 4.74 Å². The lowest BCUT2D eigenvalue weighted by molar-refractivity contribution is 0.170. The molecule has 0 bridgehead atoms. The number of nitrogens with zero attached hydrogens (tertiary/aromatic N) is 1. The first kappa shape index (κ1) is 14.0. The Morgan fingerprint density at radius 1 is 1.44 bits per heavy atom. The highest BCUT2D eigenvalue weighted by molar-refractivity contribution is 7.11. The molecule has 1 aromatic heterocycles. The smallest absolute Gasteiger partial charge is 0.0900 e. The minimum Gasteiger partial charge on any atom is -0.385 e. The molecule has 0 aromatic carbocycles. The van der Waals surface area contributed by atoms with Gasteiger partial charge in [0.15, 0.2) is 0 Å². The van der Waals surface area contributed by atoms with E-state index in [1.54, 1.807) is 18.4 Å². The first-order valence-electron chi connectivity index (χ1n) is 6.72. The van der Waals surface area contributed by atoms with Gasteiger partial charge in [0.05, 0.1) is 10.7 Å². The number of nitrogens with one attached hydrogen (secondary N) is 1. The summed E-state index contributed by atoms with van der Waals surface area (Å²) in [4.78, 5) is 5.97. The van der Waals surface area contributed by atoms with Crippen LogP contribution in [0.25, 0.3) is 0 Å². The predicted octanol–water partition coefficient (Wildman–Crippen LogP) is 3.23. The van der Waals surface area contributed by atoms with Gasteiger partial charge in [0.1, 0.15) is 0 Å². The molecule has 1 N–H and O–H groups in total. The molecule has 1 atom stereocenters. The van der Waals surface area contributed by atoms with Crippen LogP contribution in [0.4, 0.5) is 0 Å². The molecule has 1 saturated carbocycles. The zero-order chi connectivity index (χ0) is 13.2. The predicted molar refractivity (Wildman–Crippen MR) is 76.2 cm³/mol. The Morgan fingerprint density at radius 2 is 2.17 bits per heavy atom. The molecule has 1 aliphatic carbocycles. The Morgan fingerprint density at radius 3 is 2.67 bits per heavy atom. The number of ether oxygens (including phenoxy) is 1. The monoisotopic (exact) mass is 268 g/mol. The largest absolute Gasteiger partial charge is 0.385 e. The van der Waals surface area contributed by atoms with Gasteiger partial charge >= 0.3 is 0 Å².